The van der Waals surface area contributed by atoms with Gasteiger partial charge in [0.25, 0.3) is 0 Å². The third kappa shape index (κ3) is 3.36. The Kier molecular flexibility index (Phi) is 4.62. The number of hydrogen-bond donors (Lipinski definition) is 2. The minimum Gasteiger partial charge on any atom is -0.377 e. The zero-order valence-electron chi connectivity index (χ0n) is 14.3. The van der Waals surface area contributed by atoms with Crippen LogP contribution in [0.2, 0.25) is 0 Å². The van der Waals surface area contributed by atoms with Gasteiger partial charge in [-0.1, -0.05) is 13.8 Å². The van der Waals surface area contributed by atoms with E-state index in [4.69, 9.17) is 4.74 Å². The van der Waals surface area contributed by atoms with E-state index in [0.29, 0.717) is 36.1 Å². The fraction of sp³-hybridized carbons (Fsp3) is 0.938. The molecular weight excluding hydrogens is 314 g/mol. The van der Waals surface area contributed by atoms with E-state index in [9.17, 15) is 8.42 Å². The van der Waals surface area contributed by atoms with Gasteiger partial charge in [0.15, 0.2) is 15.8 Å². The Bertz CT molecular complexity index is 573. The first-order valence-electron chi connectivity index (χ1n) is 8.63. The van der Waals surface area contributed by atoms with Crippen LogP contribution < -0.4 is 10.6 Å². The molecule has 0 spiro atoms. The van der Waals surface area contributed by atoms with Crippen LogP contribution in [-0.2, 0) is 14.6 Å². The van der Waals surface area contributed by atoms with Crippen LogP contribution in [-0.4, -0.2) is 58.2 Å². The van der Waals surface area contributed by atoms with Crippen LogP contribution in [0.5, 0.6) is 0 Å². The van der Waals surface area contributed by atoms with Gasteiger partial charge in [-0.3, -0.25) is 4.99 Å². The second-order valence-corrected chi connectivity index (χ2v) is 9.99. The quantitative estimate of drug-likeness (QED) is 0.585. The molecule has 4 atom stereocenters. The van der Waals surface area contributed by atoms with E-state index in [-0.39, 0.29) is 11.3 Å². The van der Waals surface area contributed by atoms with Gasteiger partial charge in [0.2, 0.25) is 0 Å². The Balaban J connectivity index is 1.54. The Morgan fingerprint density at radius 3 is 2.78 bits per heavy atom. The van der Waals surface area contributed by atoms with Crippen molar-refractivity contribution in [2.45, 2.75) is 45.3 Å². The maximum Gasteiger partial charge on any atom is 0.191 e. The monoisotopic (exact) mass is 343 g/mol. The summed E-state index contributed by atoms with van der Waals surface area (Å²) in [6, 6.07) is 0.353. The molecule has 2 heterocycles. The van der Waals surface area contributed by atoms with Gasteiger partial charge in [-0.25, -0.2) is 8.42 Å². The zero-order valence-corrected chi connectivity index (χ0v) is 15.2. The Hall–Kier alpha value is -0.820. The van der Waals surface area contributed by atoms with E-state index in [2.05, 4.69) is 29.5 Å². The van der Waals surface area contributed by atoms with Gasteiger partial charge in [-0.15, -0.1) is 0 Å². The van der Waals surface area contributed by atoms with Crippen molar-refractivity contribution in [1.82, 2.24) is 10.6 Å². The van der Waals surface area contributed by atoms with Crippen LogP contribution >= 0.6 is 0 Å². The largest absolute Gasteiger partial charge is 0.377 e. The third-order valence-corrected chi connectivity index (χ3v) is 7.57. The normalized spacial score (nSPS) is 38.5. The van der Waals surface area contributed by atoms with E-state index < -0.39 is 9.84 Å². The molecule has 3 fully saturated rings. The molecule has 2 saturated heterocycles. The van der Waals surface area contributed by atoms with Crippen LogP contribution in [0, 0.1) is 17.3 Å². The van der Waals surface area contributed by atoms with Gasteiger partial charge in [0.05, 0.1) is 17.6 Å². The summed E-state index contributed by atoms with van der Waals surface area (Å²) in [5.74, 6) is 2.13. The van der Waals surface area contributed by atoms with Crippen molar-refractivity contribution in [2.24, 2.45) is 22.2 Å². The number of hydrogen-bond acceptors (Lipinski definition) is 4. The maximum absolute atomic E-state index is 11.5. The number of guanidine groups is 1. The highest BCUT2D eigenvalue weighted by Crippen LogP contribution is 2.51. The van der Waals surface area contributed by atoms with Gasteiger partial charge in [-0.05, 0) is 25.2 Å². The molecule has 0 aromatic carbocycles. The minimum atomic E-state index is -2.82. The molecule has 1 saturated carbocycles. The number of ether oxygens (including phenoxy) is 1. The molecule has 0 radical (unpaired) electrons. The van der Waals surface area contributed by atoms with E-state index in [0.717, 1.165) is 25.4 Å². The van der Waals surface area contributed by atoms with Gasteiger partial charge >= 0.3 is 0 Å². The number of nitrogens with zero attached hydrogens (tertiary/aromatic N) is 1. The predicted octanol–water partition coefficient (Wildman–Crippen LogP) is 0.790. The molecule has 6 nitrogen and oxygen atoms in total. The molecular formula is C16H29N3O3S. The molecule has 0 aromatic rings. The average Bonchev–Trinajstić information content (AvgIpc) is 2.86. The summed E-state index contributed by atoms with van der Waals surface area (Å²) in [6.07, 6.45) is 3.41. The van der Waals surface area contributed by atoms with Crippen molar-refractivity contribution in [1.29, 1.82) is 0 Å². The molecule has 2 aliphatic heterocycles. The molecule has 3 rings (SSSR count). The predicted molar refractivity (Wildman–Crippen MR) is 91.3 cm³/mol. The lowest BCUT2D eigenvalue weighted by Crippen LogP contribution is -2.71. The summed E-state index contributed by atoms with van der Waals surface area (Å²) < 4.78 is 29.0. The molecule has 2 N–H and O–H groups in total. The van der Waals surface area contributed by atoms with Crippen molar-refractivity contribution < 1.29 is 13.2 Å². The van der Waals surface area contributed by atoms with Crippen molar-refractivity contribution in [2.75, 3.05) is 31.7 Å². The summed E-state index contributed by atoms with van der Waals surface area (Å²) in [5.41, 5.74) is 0.0966. The highest BCUT2D eigenvalue weighted by Gasteiger charge is 2.58. The highest BCUT2D eigenvalue weighted by molar-refractivity contribution is 7.91. The zero-order chi connectivity index (χ0) is 16.7. The van der Waals surface area contributed by atoms with Gasteiger partial charge < -0.3 is 15.4 Å². The summed E-state index contributed by atoms with van der Waals surface area (Å²) in [4.78, 5) is 4.31. The summed E-state index contributed by atoms with van der Waals surface area (Å²) in [6.45, 7) is 6.03. The standard InChI is InChI=1S/C16H29N3O3S/c1-16(2)13(12-5-4-7-22-14(12)16)19-15(17-3)18-9-11-6-8-23(20,21)10-11/h11-14H,4-10H2,1-3H3,(H2,17,18,19). The molecule has 0 amide bonds. The minimum absolute atomic E-state index is 0.0966. The molecule has 0 aromatic heterocycles. The summed E-state index contributed by atoms with van der Waals surface area (Å²) in [5, 5.41) is 6.86. The van der Waals surface area contributed by atoms with E-state index >= 15 is 0 Å². The van der Waals surface area contributed by atoms with E-state index in [1.54, 1.807) is 7.05 Å². The van der Waals surface area contributed by atoms with Crippen LogP contribution in [0.15, 0.2) is 4.99 Å². The van der Waals surface area contributed by atoms with E-state index in [1.807, 2.05) is 0 Å². The lowest BCUT2D eigenvalue weighted by atomic mass is 9.55. The highest BCUT2D eigenvalue weighted by atomic mass is 32.2. The fourth-order valence-corrected chi connectivity index (χ4v) is 6.29. The van der Waals surface area contributed by atoms with Crippen molar-refractivity contribution in [3.05, 3.63) is 0 Å². The Morgan fingerprint density at radius 2 is 2.13 bits per heavy atom. The van der Waals surface area contributed by atoms with Gasteiger partial charge in [-0.2, -0.15) is 0 Å². The third-order valence-electron chi connectivity index (χ3n) is 5.73. The number of rotatable bonds is 3. The SMILES string of the molecule is CN=C(NCC1CCS(=O)(=O)C1)NC1C2CCCOC2C1(C)C. The second kappa shape index (κ2) is 6.24. The smallest absolute Gasteiger partial charge is 0.191 e. The molecule has 1 aliphatic carbocycles. The second-order valence-electron chi connectivity index (χ2n) is 7.76. The van der Waals surface area contributed by atoms with Crippen molar-refractivity contribution >= 4 is 15.8 Å². The molecule has 4 unspecified atom stereocenters. The number of fused-ring (bicyclic) bond motifs is 1. The Labute approximate surface area is 139 Å². The fourth-order valence-electron chi connectivity index (χ4n) is 4.43. The first kappa shape index (κ1) is 17.0. The molecule has 7 heteroatoms. The number of nitrogens with one attached hydrogen (secondary N) is 2. The van der Waals surface area contributed by atoms with Crippen molar-refractivity contribution in [3.63, 3.8) is 0 Å². The summed E-state index contributed by atoms with van der Waals surface area (Å²) in [7, 11) is -1.05. The molecule has 0 bridgehead atoms. The first-order chi connectivity index (χ1) is 10.8. The number of aliphatic imine (C=N–C) groups is 1. The maximum atomic E-state index is 11.5. The van der Waals surface area contributed by atoms with Crippen LogP contribution in [0.4, 0.5) is 0 Å². The summed E-state index contributed by atoms with van der Waals surface area (Å²) >= 11 is 0. The van der Waals surface area contributed by atoms with Gasteiger partial charge in [0.1, 0.15) is 0 Å². The van der Waals surface area contributed by atoms with Crippen molar-refractivity contribution in [3.8, 4) is 0 Å². The van der Waals surface area contributed by atoms with Gasteiger partial charge in [0, 0.05) is 37.6 Å². The van der Waals surface area contributed by atoms with Crippen LogP contribution in [0.3, 0.4) is 0 Å². The lowest BCUT2D eigenvalue weighted by molar-refractivity contribution is -0.188. The average molecular weight is 343 g/mol. The number of sulfone groups is 1. The molecule has 3 aliphatic rings. The molecule has 23 heavy (non-hydrogen) atoms. The topological polar surface area (TPSA) is 79.8 Å². The van der Waals surface area contributed by atoms with E-state index in [1.165, 1.54) is 6.42 Å². The van der Waals surface area contributed by atoms with Crippen LogP contribution in [0.1, 0.15) is 33.1 Å². The first-order valence-corrected chi connectivity index (χ1v) is 10.4. The lowest BCUT2D eigenvalue weighted by Gasteiger charge is -2.60. The molecule has 132 valence electrons. The Morgan fingerprint density at radius 1 is 1.35 bits per heavy atom. The van der Waals surface area contributed by atoms with Crippen LogP contribution in [0.25, 0.3) is 0 Å².